The third-order valence-corrected chi connectivity index (χ3v) is 4.24. The molecule has 0 bridgehead atoms. The SMILES string of the molecule is Cc1ncsc1CCNc1ccccc1C(C)(C)C. The number of nitrogens with one attached hydrogen (secondary N) is 1. The summed E-state index contributed by atoms with van der Waals surface area (Å²) in [5.74, 6) is 0. The standard InChI is InChI=1S/C16H22N2S/c1-12-15(19-11-18-12)9-10-17-14-8-6-5-7-13(14)16(2,3)4/h5-8,11,17H,9-10H2,1-4H3. The van der Waals surface area contributed by atoms with Crippen LogP contribution in [0.3, 0.4) is 0 Å². The molecule has 19 heavy (non-hydrogen) atoms. The van der Waals surface area contributed by atoms with Gasteiger partial charge >= 0.3 is 0 Å². The fourth-order valence-electron chi connectivity index (χ4n) is 2.17. The first-order chi connectivity index (χ1) is 8.98. The Morgan fingerprint density at radius 2 is 1.95 bits per heavy atom. The molecule has 3 heteroatoms. The van der Waals surface area contributed by atoms with Gasteiger partial charge < -0.3 is 5.32 Å². The van der Waals surface area contributed by atoms with Gasteiger partial charge in [-0.2, -0.15) is 0 Å². The van der Waals surface area contributed by atoms with Crippen LogP contribution in [0.4, 0.5) is 5.69 Å². The summed E-state index contributed by atoms with van der Waals surface area (Å²) in [6.07, 6.45) is 1.04. The molecule has 2 rings (SSSR count). The molecule has 0 atom stereocenters. The molecular formula is C16H22N2S. The number of aryl methyl sites for hydroxylation is 1. The van der Waals surface area contributed by atoms with Crippen molar-refractivity contribution >= 4 is 17.0 Å². The summed E-state index contributed by atoms with van der Waals surface area (Å²) in [7, 11) is 0. The van der Waals surface area contributed by atoms with Crippen LogP contribution in [-0.4, -0.2) is 11.5 Å². The number of hydrogen-bond donors (Lipinski definition) is 1. The number of nitrogens with zero attached hydrogens (tertiary/aromatic N) is 1. The Labute approximate surface area is 119 Å². The van der Waals surface area contributed by atoms with Crippen molar-refractivity contribution in [3.05, 3.63) is 45.9 Å². The van der Waals surface area contributed by atoms with E-state index in [0.29, 0.717) is 0 Å². The van der Waals surface area contributed by atoms with Gasteiger partial charge in [0.05, 0.1) is 11.2 Å². The van der Waals surface area contributed by atoms with Gasteiger partial charge in [0.15, 0.2) is 0 Å². The maximum absolute atomic E-state index is 4.29. The molecule has 1 heterocycles. The van der Waals surface area contributed by atoms with Crippen LogP contribution < -0.4 is 5.32 Å². The second kappa shape index (κ2) is 5.74. The molecule has 0 saturated heterocycles. The molecule has 0 aliphatic rings. The van der Waals surface area contributed by atoms with E-state index in [1.54, 1.807) is 11.3 Å². The lowest BCUT2D eigenvalue weighted by molar-refractivity contribution is 0.591. The van der Waals surface area contributed by atoms with Crippen molar-refractivity contribution in [2.24, 2.45) is 0 Å². The molecule has 0 aliphatic carbocycles. The first-order valence-corrected chi connectivity index (χ1v) is 7.59. The van der Waals surface area contributed by atoms with Crippen LogP contribution in [-0.2, 0) is 11.8 Å². The van der Waals surface area contributed by atoms with Crippen molar-refractivity contribution in [3.8, 4) is 0 Å². The second-order valence-electron chi connectivity index (χ2n) is 5.83. The van der Waals surface area contributed by atoms with Crippen molar-refractivity contribution < 1.29 is 0 Å². The van der Waals surface area contributed by atoms with E-state index in [0.717, 1.165) is 18.7 Å². The monoisotopic (exact) mass is 274 g/mol. The minimum atomic E-state index is 0.171. The summed E-state index contributed by atoms with van der Waals surface area (Å²) < 4.78 is 0. The molecule has 1 aromatic carbocycles. The molecule has 2 aromatic rings. The van der Waals surface area contributed by atoms with Crippen molar-refractivity contribution in [1.82, 2.24) is 4.98 Å². The summed E-state index contributed by atoms with van der Waals surface area (Å²) >= 11 is 1.74. The first-order valence-electron chi connectivity index (χ1n) is 6.71. The van der Waals surface area contributed by atoms with E-state index >= 15 is 0 Å². The fourth-order valence-corrected chi connectivity index (χ4v) is 2.95. The first kappa shape index (κ1) is 14.1. The molecule has 0 radical (unpaired) electrons. The van der Waals surface area contributed by atoms with Gasteiger partial charge in [-0.1, -0.05) is 39.0 Å². The molecule has 2 nitrogen and oxygen atoms in total. The Hall–Kier alpha value is -1.35. The van der Waals surface area contributed by atoms with Crippen LogP contribution >= 0.6 is 11.3 Å². The predicted octanol–water partition coefficient (Wildman–Crippen LogP) is 4.40. The van der Waals surface area contributed by atoms with Crippen LogP contribution in [0.15, 0.2) is 29.8 Å². The molecule has 0 fully saturated rings. The number of para-hydroxylation sites is 1. The molecule has 0 aliphatic heterocycles. The highest BCUT2D eigenvalue weighted by Crippen LogP contribution is 2.29. The highest BCUT2D eigenvalue weighted by molar-refractivity contribution is 7.09. The fraction of sp³-hybridized carbons (Fsp3) is 0.438. The lowest BCUT2D eigenvalue weighted by Crippen LogP contribution is -2.15. The largest absolute Gasteiger partial charge is 0.384 e. The number of benzene rings is 1. The van der Waals surface area contributed by atoms with E-state index in [9.17, 15) is 0 Å². The Kier molecular flexibility index (Phi) is 4.25. The van der Waals surface area contributed by atoms with Crippen LogP contribution in [0.2, 0.25) is 0 Å². The van der Waals surface area contributed by atoms with Gasteiger partial charge in [0.25, 0.3) is 0 Å². The summed E-state index contributed by atoms with van der Waals surface area (Å²) in [6.45, 7) is 9.79. The molecule has 0 amide bonds. The maximum atomic E-state index is 4.29. The van der Waals surface area contributed by atoms with E-state index in [1.807, 2.05) is 5.51 Å². The topological polar surface area (TPSA) is 24.9 Å². The van der Waals surface area contributed by atoms with Gasteiger partial charge in [0.2, 0.25) is 0 Å². The van der Waals surface area contributed by atoms with E-state index in [1.165, 1.54) is 16.1 Å². The van der Waals surface area contributed by atoms with Gasteiger partial charge in [-0.15, -0.1) is 11.3 Å². The average Bonchev–Trinajstić information content (AvgIpc) is 2.75. The molecular weight excluding hydrogens is 252 g/mol. The summed E-state index contributed by atoms with van der Waals surface area (Å²) in [6, 6.07) is 8.58. The minimum Gasteiger partial charge on any atom is -0.384 e. The van der Waals surface area contributed by atoms with Crippen molar-refractivity contribution in [1.29, 1.82) is 0 Å². The third kappa shape index (κ3) is 3.57. The summed E-state index contributed by atoms with van der Waals surface area (Å²) in [5.41, 5.74) is 5.88. The van der Waals surface area contributed by atoms with E-state index < -0.39 is 0 Å². The zero-order valence-corrected chi connectivity index (χ0v) is 13.0. The van der Waals surface area contributed by atoms with Gasteiger partial charge in [-0.05, 0) is 24.0 Å². The highest BCUT2D eigenvalue weighted by Gasteiger charge is 2.17. The lowest BCUT2D eigenvalue weighted by atomic mass is 9.86. The zero-order valence-electron chi connectivity index (χ0n) is 12.2. The van der Waals surface area contributed by atoms with Crippen LogP contribution in [0.5, 0.6) is 0 Å². The van der Waals surface area contributed by atoms with Crippen LogP contribution in [0.25, 0.3) is 0 Å². The third-order valence-electron chi connectivity index (χ3n) is 3.25. The van der Waals surface area contributed by atoms with Crippen molar-refractivity contribution in [2.45, 2.75) is 39.5 Å². The highest BCUT2D eigenvalue weighted by atomic mass is 32.1. The molecule has 1 aromatic heterocycles. The van der Waals surface area contributed by atoms with Gasteiger partial charge in [-0.3, -0.25) is 0 Å². The second-order valence-corrected chi connectivity index (χ2v) is 6.77. The average molecular weight is 274 g/mol. The molecule has 102 valence electrons. The maximum Gasteiger partial charge on any atom is 0.0797 e. The smallest absolute Gasteiger partial charge is 0.0797 e. The number of rotatable bonds is 4. The summed E-state index contributed by atoms with van der Waals surface area (Å²) in [4.78, 5) is 5.67. The molecule has 1 N–H and O–H groups in total. The minimum absolute atomic E-state index is 0.171. The zero-order chi connectivity index (χ0) is 13.9. The molecule has 0 saturated carbocycles. The number of aromatic nitrogens is 1. The normalized spacial score (nSPS) is 11.6. The Balaban J connectivity index is 2.02. The van der Waals surface area contributed by atoms with E-state index in [-0.39, 0.29) is 5.41 Å². The molecule has 0 spiro atoms. The molecule has 0 unspecified atom stereocenters. The lowest BCUT2D eigenvalue weighted by Gasteiger charge is -2.23. The van der Waals surface area contributed by atoms with Gasteiger partial charge in [0.1, 0.15) is 0 Å². The Morgan fingerprint density at radius 3 is 2.58 bits per heavy atom. The predicted molar refractivity (Wildman–Crippen MR) is 84.2 cm³/mol. The van der Waals surface area contributed by atoms with Gasteiger partial charge in [-0.25, -0.2) is 4.98 Å². The van der Waals surface area contributed by atoms with E-state index in [4.69, 9.17) is 0 Å². The summed E-state index contributed by atoms with van der Waals surface area (Å²) in [5, 5.41) is 3.56. The Morgan fingerprint density at radius 1 is 1.21 bits per heavy atom. The quantitative estimate of drug-likeness (QED) is 0.893. The Bertz CT molecular complexity index is 538. The van der Waals surface area contributed by atoms with Crippen LogP contribution in [0.1, 0.15) is 36.9 Å². The van der Waals surface area contributed by atoms with Crippen molar-refractivity contribution in [2.75, 3.05) is 11.9 Å². The van der Waals surface area contributed by atoms with Crippen LogP contribution in [0, 0.1) is 6.92 Å². The number of anilines is 1. The number of hydrogen-bond acceptors (Lipinski definition) is 3. The van der Waals surface area contributed by atoms with E-state index in [2.05, 4.69) is 62.3 Å². The van der Waals surface area contributed by atoms with Gasteiger partial charge in [0, 0.05) is 23.5 Å². The number of thiazole rings is 1. The van der Waals surface area contributed by atoms with Crippen molar-refractivity contribution in [3.63, 3.8) is 0 Å².